The lowest BCUT2D eigenvalue weighted by Gasteiger charge is -2.25. The molecule has 0 unspecified atom stereocenters. The van der Waals surface area contributed by atoms with E-state index < -0.39 is 42.3 Å². The summed E-state index contributed by atoms with van der Waals surface area (Å²) in [7, 11) is 0. The minimum absolute atomic E-state index is 0.320. The van der Waals surface area contributed by atoms with Crippen LogP contribution in [-0.4, -0.2) is 49.0 Å². The zero-order valence-electron chi connectivity index (χ0n) is 11.0. The van der Waals surface area contributed by atoms with Crippen molar-refractivity contribution in [2.24, 2.45) is 0 Å². The van der Waals surface area contributed by atoms with E-state index in [2.05, 4.69) is 0 Å². The molecule has 0 bridgehead atoms. The molecule has 0 aliphatic carbocycles. The first kappa shape index (κ1) is 12.7. The standard InChI is InChI=1S/C12H19FO5/c1-11(2)14-5-6(16-11)8-7(13)9-10(15-8)18-12(3,4)17-9/h6-10H,5H2,1-4H3/t6-,7-,8+,9+,10+/m0/s1. The Morgan fingerprint density at radius 3 is 2.22 bits per heavy atom. The lowest BCUT2D eigenvalue weighted by molar-refractivity contribution is -0.227. The van der Waals surface area contributed by atoms with E-state index in [1.165, 1.54) is 0 Å². The van der Waals surface area contributed by atoms with Crippen LogP contribution in [0.2, 0.25) is 0 Å². The Morgan fingerprint density at radius 1 is 0.944 bits per heavy atom. The van der Waals surface area contributed by atoms with Crippen molar-refractivity contribution < 1.29 is 28.1 Å². The predicted octanol–water partition coefficient (Wildman–Crippen LogP) is 1.35. The molecule has 0 spiro atoms. The van der Waals surface area contributed by atoms with Crippen LogP contribution in [0, 0.1) is 0 Å². The van der Waals surface area contributed by atoms with Crippen LogP contribution in [0.15, 0.2) is 0 Å². The van der Waals surface area contributed by atoms with E-state index in [-0.39, 0.29) is 0 Å². The highest BCUT2D eigenvalue weighted by atomic mass is 19.1. The fourth-order valence-corrected chi connectivity index (χ4v) is 2.67. The molecule has 104 valence electrons. The molecule has 3 rings (SSSR count). The molecule has 18 heavy (non-hydrogen) atoms. The van der Waals surface area contributed by atoms with Crippen LogP contribution >= 0.6 is 0 Å². The first-order valence-corrected chi connectivity index (χ1v) is 6.24. The van der Waals surface area contributed by atoms with E-state index in [1.807, 2.05) is 0 Å². The summed E-state index contributed by atoms with van der Waals surface area (Å²) >= 11 is 0. The van der Waals surface area contributed by atoms with E-state index >= 15 is 0 Å². The van der Waals surface area contributed by atoms with Gasteiger partial charge in [-0.3, -0.25) is 0 Å². The largest absolute Gasteiger partial charge is 0.348 e. The number of alkyl halides is 1. The van der Waals surface area contributed by atoms with E-state index in [1.54, 1.807) is 27.7 Å². The number of fused-ring (bicyclic) bond motifs is 1. The van der Waals surface area contributed by atoms with Gasteiger partial charge in [-0.15, -0.1) is 0 Å². The van der Waals surface area contributed by atoms with Crippen molar-refractivity contribution in [3.8, 4) is 0 Å². The molecule has 3 fully saturated rings. The van der Waals surface area contributed by atoms with Gasteiger partial charge >= 0.3 is 0 Å². The average Bonchev–Trinajstić information content (AvgIpc) is 2.81. The van der Waals surface area contributed by atoms with Crippen molar-refractivity contribution in [2.75, 3.05) is 6.61 Å². The molecule has 0 radical (unpaired) electrons. The first-order chi connectivity index (χ1) is 8.27. The molecule has 3 heterocycles. The molecule has 5 atom stereocenters. The summed E-state index contributed by atoms with van der Waals surface area (Å²) in [5, 5.41) is 0. The van der Waals surface area contributed by atoms with Gasteiger partial charge in [0, 0.05) is 0 Å². The summed E-state index contributed by atoms with van der Waals surface area (Å²) in [5.41, 5.74) is 0. The molecule has 5 nitrogen and oxygen atoms in total. The van der Waals surface area contributed by atoms with Gasteiger partial charge in [-0.2, -0.15) is 0 Å². The maximum atomic E-state index is 14.3. The van der Waals surface area contributed by atoms with E-state index in [0.29, 0.717) is 6.61 Å². The summed E-state index contributed by atoms with van der Waals surface area (Å²) in [5.74, 6) is -1.48. The summed E-state index contributed by atoms with van der Waals surface area (Å²) < 4.78 is 42.0. The second-order valence-electron chi connectivity index (χ2n) is 5.88. The van der Waals surface area contributed by atoms with E-state index in [0.717, 1.165) is 0 Å². The number of rotatable bonds is 1. The summed E-state index contributed by atoms with van der Waals surface area (Å²) in [6.45, 7) is 7.41. The summed E-state index contributed by atoms with van der Waals surface area (Å²) in [6.07, 6.45) is -3.72. The second-order valence-corrected chi connectivity index (χ2v) is 5.88. The van der Waals surface area contributed by atoms with Crippen LogP contribution in [0.5, 0.6) is 0 Å². The highest BCUT2D eigenvalue weighted by Gasteiger charge is 2.58. The van der Waals surface area contributed by atoms with Crippen LogP contribution in [0.25, 0.3) is 0 Å². The van der Waals surface area contributed by atoms with Gasteiger partial charge in [0.1, 0.15) is 18.3 Å². The van der Waals surface area contributed by atoms with Gasteiger partial charge in [-0.05, 0) is 27.7 Å². The van der Waals surface area contributed by atoms with Crippen molar-refractivity contribution in [3.63, 3.8) is 0 Å². The molecule has 0 amide bonds. The Hall–Kier alpha value is -0.270. The number of hydrogen-bond acceptors (Lipinski definition) is 5. The topological polar surface area (TPSA) is 46.2 Å². The molecule has 0 N–H and O–H groups in total. The molecular formula is C12H19FO5. The fraction of sp³-hybridized carbons (Fsp3) is 1.00. The van der Waals surface area contributed by atoms with E-state index in [9.17, 15) is 4.39 Å². The van der Waals surface area contributed by atoms with Crippen molar-refractivity contribution >= 4 is 0 Å². The molecule has 0 aromatic heterocycles. The summed E-state index contributed by atoms with van der Waals surface area (Å²) in [4.78, 5) is 0. The van der Waals surface area contributed by atoms with Crippen LogP contribution in [-0.2, 0) is 23.7 Å². The zero-order valence-corrected chi connectivity index (χ0v) is 11.0. The highest BCUT2D eigenvalue weighted by Crippen LogP contribution is 2.41. The third-order valence-electron chi connectivity index (χ3n) is 3.40. The van der Waals surface area contributed by atoms with Crippen molar-refractivity contribution in [1.82, 2.24) is 0 Å². The molecule has 3 aliphatic rings. The van der Waals surface area contributed by atoms with Gasteiger partial charge in [0.2, 0.25) is 0 Å². The van der Waals surface area contributed by atoms with Crippen molar-refractivity contribution in [1.29, 1.82) is 0 Å². The fourth-order valence-electron chi connectivity index (χ4n) is 2.67. The Labute approximate surface area is 105 Å². The molecule has 0 saturated carbocycles. The van der Waals surface area contributed by atoms with Gasteiger partial charge in [-0.25, -0.2) is 4.39 Å². The van der Waals surface area contributed by atoms with Crippen LogP contribution < -0.4 is 0 Å². The molecule has 3 saturated heterocycles. The van der Waals surface area contributed by atoms with Gasteiger partial charge < -0.3 is 23.7 Å². The lowest BCUT2D eigenvalue weighted by atomic mass is 10.1. The Bertz CT molecular complexity index is 345. The van der Waals surface area contributed by atoms with Gasteiger partial charge in [-0.1, -0.05) is 0 Å². The maximum Gasteiger partial charge on any atom is 0.190 e. The quantitative estimate of drug-likeness (QED) is 0.714. The molecule has 0 aromatic rings. The lowest BCUT2D eigenvalue weighted by Crippen LogP contribution is -2.40. The Morgan fingerprint density at radius 2 is 1.67 bits per heavy atom. The smallest absolute Gasteiger partial charge is 0.190 e. The molecular weight excluding hydrogens is 243 g/mol. The van der Waals surface area contributed by atoms with Crippen molar-refractivity contribution in [3.05, 3.63) is 0 Å². The average molecular weight is 262 g/mol. The molecule has 3 aliphatic heterocycles. The van der Waals surface area contributed by atoms with Gasteiger partial charge in [0.15, 0.2) is 24.0 Å². The van der Waals surface area contributed by atoms with Gasteiger partial charge in [0.25, 0.3) is 0 Å². The third kappa shape index (κ3) is 2.06. The molecule has 0 aromatic carbocycles. The Balaban J connectivity index is 1.68. The highest BCUT2D eigenvalue weighted by molar-refractivity contribution is 4.97. The van der Waals surface area contributed by atoms with Crippen LogP contribution in [0.3, 0.4) is 0 Å². The third-order valence-corrected chi connectivity index (χ3v) is 3.40. The zero-order chi connectivity index (χ0) is 13.1. The van der Waals surface area contributed by atoms with Crippen LogP contribution in [0.4, 0.5) is 4.39 Å². The normalized spacial score (nSPS) is 49.5. The monoisotopic (exact) mass is 262 g/mol. The minimum Gasteiger partial charge on any atom is -0.348 e. The minimum atomic E-state index is -1.26. The SMILES string of the molecule is CC1(C)O[C@H]2O[C@H]([C@@H]3COC(C)(C)O3)[C@H](F)[C@H]2O1. The van der Waals surface area contributed by atoms with Gasteiger partial charge in [0.05, 0.1) is 6.61 Å². The first-order valence-electron chi connectivity index (χ1n) is 6.24. The Kier molecular flexibility index (Phi) is 2.74. The predicted molar refractivity (Wildman–Crippen MR) is 58.5 cm³/mol. The van der Waals surface area contributed by atoms with E-state index in [4.69, 9.17) is 23.7 Å². The number of ether oxygens (including phenoxy) is 5. The summed E-state index contributed by atoms with van der Waals surface area (Å²) in [6, 6.07) is 0. The second kappa shape index (κ2) is 3.86. The molecule has 6 heteroatoms. The van der Waals surface area contributed by atoms with Crippen molar-refractivity contribution in [2.45, 2.75) is 70.0 Å². The number of halogens is 1. The van der Waals surface area contributed by atoms with Crippen LogP contribution in [0.1, 0.15) is 27.7 Å². The maximum absolute atomic E-state index is 14.3. The number of hydrogen-bond donors (Lipinski definition) is 0.